The highest BCUT2D eigenvalue weighted by atomic mass is 35.5. The highest BCUT2D eigenvalue weighted by molar-refractivity contribution is 7.09. The summed E-state index contributed by atoms with van der Waals surface area (Å²) in [7, 11) is 0. The van der Waals surface area contributed by atoms with Gasteiger partial charge in [-0.1, -0.05) is 13.8 Å². The van der Waals surface area contributed by atoms with E-state index in [4.69, 9.17) is 5.73 Å². The Morgan fingerprint density at radius 1 is 1.45 bits per heavy atom. The molecule has 2 rings (SSSR count). The van der Waals surface area contributed by atoms with Gasteiger partial charge in [0.25, 0.3) is 5.91 Å². The lowest BCUT2D eigenvalue weighted by Gasteiger charge is -2.09. The van der Waals surface area contributed by atoms with Crippen molar-refractivity contribution in [2.24, 2.45) is 5.73 Å². The SMILES string of the molecule is CC(C)c1nncn1CCNC(=O)c1csc(CN)n1.Cl.Cl. The van der Waals surface area contributed by atoms with E-state index < -0.39 is 0 Å². The van der Waals surface area contributed by atoms with Crippen LogP contribution in [-0.4, -0.2) is 32.2 Å². The van der Waals surface area contributed by atoms with Gasteiger partial charge in [0.2, 0.25) is 0 Å². The number of amides is 1. The van der Waals surface area contributed by atoms with Crippen molar-refractivity contribution in [2.75, 3.05) is 6.54 Å². The van der Waals surface area contributed by atoms with Crippen LogP contribution in [0.1, 0.15) is 41.1 Å². The third-order valence-corrected chi connectivity index (χ3v) is 3.63. The second kappa shape index (κ2) is 9.73. The first-order valence-corrected chi connectivity index (χ1v) is 7.30. The Balaban J connectivity index is 0.00000220. The van der Waals surface area contributed by atoms with Gasteiger partial charge in [0.1, 0.15) is 22.9 Å². The Kier molecular flexibility index (Phi) is 9.19. The van der Waals surface area contributed by atoms with Crippen LogP contribution in [-0.2, 0) is 13.1 Å². The lowest BCUT2D eigenvalue weighted by Crippen LogP contribution is -2.28. The van der Waals surface area contributed by atoms with Gasteiger partial charge in [-0.2, -0.15) is 0 Å². The first-order valence-electron chi connectivity index (χ1n) is 6.42. The molecular formula is C12H20Cl2N6OS. The fourth-order valence-corrected chi connectivity index (χ4v) is 2.43. The number of nitrogens with zero attached hydrogens (tertiary/aromatic N) is 4. The van der Waals surface area contributed by atoms with Gasteiger partial charge in [-0.25, -0.2) is 4.98 Å². The smallest absolute Gasteiger partial charge is 0.270 e. The van der Waals surface area contributed by atoms with Crippen molar-refractivity contribution in [1.29, 1.82) is 0 Å². The maximum Gasteiger partial charge on any atom is 0.270 e. The van der Waals surface area contributed by atoms with Gasteiger partial charge in [-0.3, -0.25) is 4.79 Å². The lowest BCUT2D eigenvalue weighted by molar-refractivity contribution is 0.0947. The number of halogens is 2. The van der Waals surface area contributed by atoms with E-state index in [9.17, 15) is 4.79 Å². The van der Waals surface area contributed by atoms with E-state index >= 15 is 0 Å². The number of thiazole rings is 1. The van der Waals surface area contributed by atoms with E-state index in [1.54, 1.807) is 11.7 Å². The largest absolute Gasteiger partial charge is 0.349 e. The molecule has 22 heavy (non-hydrogen) atoms. The summed E-state index contributed by atoms with van der Waals surface area (Å²) in [5.41, 5.74) is 5.89. The maximum atomic E-state index is 11.9. The molecular weight excluding hydrogens is 347 g/mol. The summed E-state index contributed by atoms with van der Waals surface area (Å²) < 4.78 is 1.94. The summed E-state index contributed by atoms with van der Waals surface area (Å²) in [6.45, 7) is 5.62. The molecule has 2 aromatic heterocycles. The Bertz CT molecular complexity index is 586. The first-order chi connectivity index (χ1) is 9.61. The molecule has 0 atom stereocenters. The average Bonchev–Trinajstić information content (AvgIpc) is 3.07. The van der Waals surface area contributed by atoms with Crippen molar-refractivity contribution >= 4 is 42.1 Å². The summed E-state index contributed by atoms with van der Waals surface area (Å²) in [6, 6.07) is 0. The quantitative estimate of drug-likeness (QED) is 0.808. The molecule has 10 heteroatoms. The van der Waals surface area contributed by atoms with E-state index in [1.807, 2.05) is 4.57 Å². The summed E-state index contributed by atoms with van der Waals surface area (Å²) in [5.74, 6) is 1.04. The van der Waals surface area contributed by atoms with Crippen LogP contribution in [0.3, 0.4) is 0 Å². The standard InChI is InChI=1S/C12H18N6OS.2ClH/c1-8(2)11-17-15-7-18(11)4-3-14-12(19)9-6-20-10(5-13)16-9;;/h6-8H,3-5,13H2,1-2H3,(H,14,19);2*1H. The molecule has 0 fully saturated rings. The van der Waals surface area contributed by atoms with Crippen LogP contribution in [0, 0.1) is 0 Å². The van der Waals surface area contributed by atoms with Crippen molar-refractivity contribution in [2.45, 2.75) is 32.9 Å². The van der Waals surface area contributed by atoms with Crippen LogP contribution in [0.5, 0.6) is 0 Å². The third-order valence-electron chi connectivity index (χ3n) is 2.76. The number of aromatic nitrogens is 4. The molecule has 0 aromatic carbocycles. The van der Waals surface area contributed by atoms with E-state index in [2.05, 4.69) is 34.3 Å². The number of hydrogen-bond donors (Lipinski definition) is 2. The van der Waals surface area contributed by atoms with Gasteiger partial charge in [-0.05, 0) is 0 Å². The highest BCUT2D eigenvalue weighted by Gasteiger charge is 2.11. The van der Waals surface area contributed by atoms with Crippen LogP contribution in [0.25, 0.3) is 0 Å². The van der Waals surface area contributed by atoms with Crippen molar-refractivity contribution < 1.29 is 4.79 Å². The highest BCUT2D eigenvalue weighted by Crippen LogP contribution is 2.10. The number of carbonyl (C=O) groups excluding carboxylic acids is 1. The van der Waals surface area contributed by atoms with Crippen LogP contribution < -0.4 is 11.1 Å². The maximum absolute atomic E-state index is 11.9. The molecule has 7 nitrogen and oxygen atoms in total. The molecule has 124 valence electrons. The zero-order chi connectivity index (χ0) is 14.5. The molecule has 0 unspecified atom stereocenters. The molecule has 0 aliphatic rings. The summed E-state index contributed by atoms with van der Waals surface area (Å²) in [4.78, 5) is 16.0. The van der Waals surface area contributed by atoms with E-state index in [1.165, 1.54) is 11.3 Å². The minimum absolute atomic E-state index is 0. The molecule has 0 radical (unpaired) electrons. The zero-order valence-electron chi connectivity index (χ0n) is 12.4. The van der Waals surface area contributed by atoms with Crippen molar-refractivity contribution in [3.8, 4) is 0 Å². The van der Waals surface area contributed by atoms with Crippen molar-refractivity contribution in [1.82, 2.24) is 25.1 Å². The summed E-state index contributed by atoms with van der Waals surface area (Å²) in [6.07, 6.45) is 1.68. The van der Waals surface area contributed by atoms with Gasteiger partial charge in [0.05, 0.1) is 0 Å². The minimum Gasteiger partial charge on any atom is -0.349 e. The van der Waals surface area contributed by atoms with Crippen LogP contribution in [0.4, 0.5) is 0 Å². The Hall–Kier alpha value is -1.22. The number of carbonyl (C=O) groups is 1. The van der Waals surface area contributed by atoms with E-state index in [-0.39, 0.29) is 30.7 Å². The molecule has 0 spiro atoms. The normalized spacial score (nSPS) is 10.0. The van der Waals surface area contributed by atoms with E-state index in [0.717, 1.165) is 10.8 Å². The fraction of sp³-hybridized carbons (Fsp3) is 0.500. The Morgan fingerprint density at radius 2 is 2.18 bits per heavy atom. The van der Waals surface area contributed by atoms with Crippen LogP contribution in [0.15, 0.2) is 11.7 Å². The van der Waals surface area contributed by atoms with Gasteiger partial charge < -0.3 is 15.6 Å². The third kappa shape index (κ3) is 5.20. The molecule has 0 aliphatic carbocycles. The predicted molar refractivity (Wildman–Crippen MR) is 90.9 cm³/mol. The van der Waals surface area contributed by atoms with Crippen LogP contribution in [0.2, 0.25) is 0 Å². The molecule has 2 aromatic rings. The second-order valence-corrected chi connectivity index (χ2v) is 5.57. The van der Waals surface area contributed by atoms with Gasteiger partial charge in [0, 0.05) is 30.9 Å². The molecule has 2 heterocycles. The topological polar surface area (TPSA) is 98.7 Å². The fourth-order valence-electron chi connectivity index (χ4n) is 1.77. The molecule has 0 aliphatic heterocycles. The minimum atomic E-state index is -0.180. The monoisotopic (exact) mass is 366 g/mol. The van der Waals surface area contributed by atoms with Gasteiger partial charge >= 0.3 is 0 Å². The van der Waals surface area contributed by atoms with Crippen molar-refractivity contribution in [3.63, 3.8) is 0 Å². The van der Waals surface area contributed by atoms with Gasteiger partial charge in [-0.15, -0.1) is 46.3 Å². The number of nitrogens with two attached hydrogens (primary N) is 1. The molecule has 0 bridgehead atoms. The Labute approximate surface area is 145 Å². The zero-order valence-corrected chi connectivity index (χ0v) is 14.8. The summed E-state index contributed by atoms with van der Waals surface area (Å²) in [5, 5.41) is 13.3. The molecule has 0 saturated carbocycles. The number of nitrogens with one attached hydrogen (secondary N) is 1. The lowest BCUT2D eigenvalue weighted by atomic mass is 10.2. The molecule has 1 amide bonds. The Morgan fingerprint density at radius 3 is 2.77 bits per heavy atom. The van der Waals surface area contributed by atoms with Crippen molar-refractivity contribution in [3.05, 3.63) is 28.2 Å². The number of hydrogen-bond acceptors (Lipinski definition) is 6. The first kappa shape index (κ1) is 20.8. The molecule has 0 saturated heterocycles. The average molecular weight is 367 g/mol. The van der Waals surface area contributed by atoms with Gasteiger partial charge in [0.15, 0.2) is 0 Å². The van der Waals surface area contributed by atoms with E-state index in [0.29, 0.717) is 31.2 Å². The summed E-state index contributed by atoms with van der Waals surface area (Å²) >= 11 is 1.39. The number of rotatable bonds is 6. The predicted octanol–water partition coefficient (Wildman–Crippen LogP) is 1.59. The second-order valence-electron chi connectivity index (χ2n) is 4.62. The van der Waals surface area contributed by atoms with Crippen LogP contribution >= 0.6 is 36.2 Å². The molecule has 3 N–H and O–H groups in total.